The molecule has 7 heteroatoms. The number of aromatic nitrogens is 1. The van der Waals surface area contributed by atoms with Crippen molar-refractivity contribution >= 4 is 23.7 Å². The number of amides is 2. The molecule has 5 rings (SSSR count). The fraction of sp³-hybridized carbons (Fsp3) is 0.567. The second-order valence-electron chi connectivity index (χ2n) is 12.2. The SMILES string of the molecule is CC(C)(C)C1=NC2(CCCCCC2)N(C/C=C/C2=CC3CC(C(N)=O)(c4cccnc4)CC3N=C2)C1=O. The van der Waals surface area contributed by atoms with Gasteiger partial charge in [-0.05, 0) is 55.7 Å². The van der Waals surface area contributed by atoms with Crippen LogP contribution in [0.4, 0.5) is 0 Å². The highest BCUT2D eigenvalue weighted by Crippen LogP contribution is 2.47. The Morgan fingerprint density at radius 2 is 1.95 bits per heavy atom. The van der Waals surface area contributed by atoms with Crippen LogP contribution in [0.25, 0.3) is 0 Å². The summed E-state index contributed by atoms with van der Waals surface area (Å²) in [6.07, 6.45) is 19.4. The molecule has 1 aromatic heterocycles. The molecule has 2 fully saturated rings. The van der Waals surface area contributed by atoms with Crippen molar-refractivity contribution in [1.82, 2.24) is 9.88 Å². The first-order chi connectivity index (χ1) is 17.6. The maximum atomic E-state index is 13.5. The minimum absolute atomic E-state index is 0.0296. The van der Waals surface area contributed by atoms with Crippen molar-refractivity contribution in [3.8, 4) is 0 Å². The number of hydrogen-bond acceptors (Lipinski definition) is 5. The normalized spacial score (nSPS) is 29.4. The van der Waals surface area contributed by atoms with E-state index in [-0.39, 0.29) is 29.2 Å². The zero-order valence-corrected chi connectivity index (χ0v) is 22.3. The number of nitrogens with zero attached hydrogens (tertiary/aromatic N) is 4. The third kappa shape index (κ3) is 4.69. The van der Waals surface area contributed by atoms with Crippen molar-refractivity contribution in [3.63, 3.8) is 0 Å². The standard InChI is InChI=1S/C30H39N5O2/c1-28(2,3)25-26(36)35(30(34-25)12-6-4-5-7-13-30)15-9-10-21-16-22-17-29(27(31)37,18-24(22)33-19-21)23-11-8-14-32-20-23/h8-11,14,16,19-20,22,24H,4-7,12-13,15,17-18H2,1-3H3,(H2,31,37)/b10-9+. The van der Waals surface area contributed by atoms with Crippen LogP contribution < -0.4 is 5.73 Å². The number of allylic oxidation sites excluding steroid dienone is 2. The Hall–Kier alpha value is -3.09. The molecule has 4 aliphatic rings. The Kier molecular flexibility index (Phi) is 6.67. The maximum absolute atomic E-state index is 13.5. The molecule has 0 aromatic carbocycles. The summed E-state index contributed by atoms with van der Waals surface area (Å²) >= 11 is 0. The molecule has 37 heavy (non-hydrogen) atoms. The van der Waals surface area contributed by atoms with Gasteiger partial charge in [-0.25, -0.2) is 0 Å². The highest BCUT2D eigenvalue weighted by atomic mass is 16.2. The summed E-state index contributed by atoms with van der Waals surface area (Å²) in [6.45, 7) is 6.76. The van der Waals surface area contributed by atoms with Crippen LogP contribution in [0, 0.1) is 11.3 Å². The molecule has 1 spiro atoms. The van der Waals surface area contributed by atoms with E-state index in [1.54, 1.807) is 12.4 Å². The van der Waals surface area contributed by atoms with Crippen LogP contribution in [0.1, 0.15) is 77.7 Å². The van der Waals surface area contributed by atoms with Gasteiger partial charge in [0, 0.05) is 36.5 Å². The number of carbonyl (C=O) groups is 2. The van der Waals surface area contributed by atoms with Crippen LogP contribution in [-0.2, 0) is 15.0 Å². The van der Waals surface area contributed by atoms with E-state index >= 15 is 0 Å². The largest absolute Gasteiger partial charge is 0.369 e. The van der Waals surface area contributed by atoms with Gasteiger partial charge in [0.25, 0.3) is 5.91 Å². The Morgan fingerprint density at radius 1 is 1.19 bits per heavy atom. The predicted octanol–water partition coefficient (Wildman–Crippen LogP) is 4.53. The second kappa shape index (κ2) is 9.66. The van der Waals surface area contributed by atoms with Crippen molar-refractivity contribution in [2.75, 3.05) is 6.54 Å². The van der Waals surface area contributed by atoms with E-state index in [9.17, 15) is 9.59 Å². The van der Waals surface area contributed by atoms with Crippen molar-refractivity contribution in [1.29, 1.82) is 0 Å². The van der Waals surface area contributed by atoms with Crippen molar-refractivity contribution < 1.29 is 9.59 Å². The van der Waals surface area contributed by atoms with E-state index in [4.69, 9.17) is 15.7 Å². The van der Waals surface area contributed by atoms with E-state index in [0.717, 1.165) is 36.8 Å². The van der Waals surface area contributed by atoms with Gasteiger partial charge in [-0.1, -0.05) is 57.9 Å². The number of dihydropyridines is 1. The van der Waals surface area contributed by atoms with Gasteiger partial charge in [-0.3, -0.25) is 24.6 Å². The molecule has 2 N–H and O–H groups in total. The van der Waals surface area contributed by atoms with E-state index in [1.165, 1.54) is 12.8 Å². The Bertz CT molecular complexity index is 1170. The summed E-state index contributed by atoms with van der Waals surface area (Å²) in [7, 11) is 0. The molecule has 0 radical (unpaired) electrons. The molecule has 3 unspecified atom stereocenters. The number of fused-ring (bicyclic) bond motifs is 1. The molecule has 7 nitrogen and oxygen atoms in total. The number of carbonyl (C=O) groups excluding carboxylic acids is 2. The van der Waals surface area contributed by atoms with Crippen LogP contribution in [0.5, 0.6) is 0 Å². The van der Waals surface area contributed by atoms with Crippen molar-refractivity contribution in [2.24, 2.45) is 27.1 Å². The van der Waals surface area contributed by atoms with Gasteiger partial charge in [0.2, 0.25) is 5.91 Å². The predicted molar refractivity (Wildman–Crippen MR) is 146 cm³/mol. The zero-order chi connectivity index (χ0) is 26.3. The smallest absolute Gasteiger partial charge is 0.270 e. The molecular weight excluding hydrogens is 462 g/mol. The lowest BCUT2D eigenvalue weighted by Gasteiger charge is -2.35. The third-order valence-corrected chi connectivity index (χ3v) is 8.63. The van der Waals surface area contributed by atoms with Crippen LogP contribution in [-0.4, -0.2) is 51.9 Å². The van der Waals surface area contributed by atoms with Gasteiger partial charge in [-0.15, -0.1) is 0 Å². The fourth-order valence-corrected chi connectivity index (χ4v) is 6.60. The van der Waals surface area contributed by atoms with E-state index in [1.807, 2.05) is 23.2 Å². The molecule has 3 heterocycles. The number of primary amides is 1. The summed E-state index contributed by atoms with van der Waals surface area (Å²) in [5, 5.41) is 0. The summed E-state index contributed by atoms with van der Waals surface area (Å²) in [5.74, 6) is -0.106. The van der Waals surface area contributed by atoms with Gasteiger partial charge in [0.1, 0.15) is 11.4 Å². The topological polar surface area (TPSA) is 101 Å². The molecule has 0 saturated heterocycles. The molecular formula is C30H39N5O2. The molecule has 3 atom stereocenters. The van der Waals surface area contributed by atoms with Crippen LogP contribution in [0.3, 0.4) is 0 Å². The minimum Gasteiger partial charge on any atom is -0.369 e. The van der Waals surface area contributed by atoms with E-state index in [0.29, 0.717) is 25.1 Å². The van der Waals surface area contributed by atoms with Gasteiger partial charge in [-0.2, -0.15) is 0 Å². The van der Waals surface area contributed by atoms with E-state index in [2.05, 4.69) is 44.0 Å². The average Bonchev–Trinajstić information content (AvgIpc) is 3.28. The van der Waals surface area contributed by atoms with Gasteiger partial charge in [0.05, 0.1) is 11.5 Å². The highest BCUT2D eigenvalue weighted by Gasteiger charge is 2.51. The van der Waals surface area contributed by atoms with Crippen LogP contribution >= 0.6 is 0 Å². The number of rotatable bonds is 5. The quantitative estimate of drug-likeness (QED) is 0.641. The summed E-state index contributed by atoms with van der Waals surface area (Å²) in [4.78, 5) is 42.3. The first-order valence-electron chi connectivity index (χ1n) is 13.7. The molecule has 196 valence electrons. The Labute approximate surface area is 220 Å². The number of aliphatic imine (C=N–C) groups is 2. The summed E-state index contributed by atoms with van der Waals surface area (Å²) in [6, 6.07) is 3.82. The lowest BCUT2D eigenvalue weighted by atomic mass is 9.78. The van der Waals surface area contributed by atoms with Crippen LogP contribution in [0.2, 0.25) is 0 Å². The zero-order valence-electron chi connectivity index (χ0n) is 22.3. The van der Waals surface area contributed by atoms with Gasteiger partial charge < -0.3 is 10.6 Å². The average molecular weight is 502 g/mol. The number of pyridine rings is 1. The molecule has 2 aliphatic carbocycles. The maximum Gasteiger partial charge on any atom is 0.270 e. The van der Waals surface area contributed by atoms with Gasteiger partial charge in [0.15, 0.2) is 0 Å². The summed E-state index contributed by atoms with van der Waals surface area (Å²) < 4.78 is 0. The lowest BCUT2D eigenvalue weighted by Crippen LogP contribution is -2.47. The van der Waals surface area contributed by atoms with E-state index < -0.39 is 11.1 Å². The highest BCUT2D eigenvalue weighted by molar-refractivity contribution is 6.42. The fourth-order valence-electron chi connectivity index (χ4n) is 6.60. The molecule has 1 aromatic rings. The van der Waals surface area contributed by atoms with Crippen molar-refractivity contribution in [2.45, 2.75) is 89.3 Å². The van der Waals surface area contributed by atoms with Gasteiger partial charge >= 0.3 is 0 Å². The van der Waals surface area contributed by atoms with Crippen molar-refractivity contribution in [3.05, 3.63) is 53.9 Å². The number of hydrogen-bond donors (Lipinski definition) is 1. The minimum atomic E-state index is -0.745. The molecule has 2 saturated carbocycles. The molecule has 2 aliphatic heterocycles. The Morgan fingerprint density at radius 3 is 2.59 bits per heavy atom. The van der Waals surface area contributed by atoms with Crippen LogP contribution in [0.15, 0.2) is 58.3 Å². The third-order valence-electron chi connectivity index (χ3n) is 8.63. The first kappa shape index (κ1) is 25.6. The molecule has 2 amide bonds. The number of nitrogens with two attached hydrogens (primary N) is 1. The monoisotopic (exact) mass is 501 g/mol. The first-order valence-corrected chi connectivity index (χ1v) is 13.7. The summed E-state index contributed by atoms with van der Waals surface area (Å²) in [5.41, 5.74) is 7.09. The lowest BCUT2D eigenvalue weighted by molar-refractivity contribution is -0.128. The Balaban J connectivity index is 1.33. The molecule has 0 bridgehead atoms. The second-order valence-corrected chi connectivity index (χ2v) is 12.2.